The van der Waals surface area contributed by atoms with Crippen molar-refractivity contribution in [2.24, 2.45) is 0 Å². The van der Waals surface area contributed by atoms with E-state index in [1.54, 1.807) is 0 Å². The topological polar surface area (TPSA) is 52.0 Å². The SMILES string of the molecule is Nc1ccc(S)cc1.Nc1ccc(S)cc1.c1ccccc1. The van der Waals surface area contributed by atoms with Gasteiger partial charge in [0.15, 0.2) is 0 Å². The van der Waals surface area contributed by atoms with Gasteiger partial charge in [-0.15, -0.1) is 25.3 Å². The summed E-state index contributed by atoms with van der Waals surface area (Å²) in [5, 5.41) is 0. The molecule has 0 aromatic heterocycles. The fraction of sp³-hybridized carbons (Fsp3) is 0. The molecule has 114 valence electrons. The van der Waals surface area contributed by atoms with Crippen LogP contribution in [0.4, 0.5) is 11.4 Å². The zero-order chi connectivity index (χ0) is 16.2. The number of nitrogens with two attached hydrogens (primary N) is 2. The van der Waals surface area contributed by atoms with Gasteiger partial charge in [0, 0.05) is 21.2 Å². The van der Waals surface area contributed by atoms with E-state index in [-0.39, 0.29) is 0 Å². The molecule has 0 bridgehead atoms. The van der Waals surface area contributed by atoms with Crippen molar-refractivity contribution in [3.63, 3.8) is 0 Å². The van der Waals surface area contributed by atoms with Crippen molar-refractivity contribution in [3.8, 4) is 0 Å². The molecule has 3 rings (SSSR count). The molecule has 0 aliphatic rings. The van der Waals surface area contributed by atoms with Gasteiger partial charge in [0.1, 0.15) is 0 Å². The Morgan fingerprint density at radius 1 is 0.455 bits per heavy atom. The third kappa shape index (κ3) is 9.00. The summed E-state index contributed by atoms with van der Waals surface area (Å²) in [5.41, 5.74) is 12.3. The second-order valence-electron chi connectivity index (χ2n) is 4.34. The smallest absolute Gasteiger partial charge is 0.0314 e. The summed E-state index contributed by atoms with van der Waals surface area (Å²) in [6.07, 6.45) is 0. The van der Waals surface area contributed by atoms with Gasteiger partial charge in [0.2, 0.25) is 0 Å². The number of benzene rings is 3. The molecule has 4 N–H and O–H groups in total. The Morgan fingerprint density at radius 2 is 0.682 bits per heavy atom. The van der Waals surface area contributed by atoms with Crippen molar-refractivity contribution in [2.75, 3.05) is 11.5 Å². The van der Waals surface area contributed by atoms with Gasteiger partial charge in [-0.25, -0.2) is 0 Å². The molecule has 0 fully saturated rings. The van der Waals surface area contributed by atoms with E-state index in [4.69, 9.17) is 11.5 Å². The van der Waals surface area contributed by atoms with Crippen LogP contribution in [0.15, 0.2) is 94.7 Å². The maximum atomic E-state index is 5.39. The van der Waals surface area contributed by atoms with Crippen molar-refractivity contribution >= 4 is 36.6 Å². The molecule has 3 aromatic carbocycles. The summed E-state index contributed by atoms with van der Waals surface area (Å²) in [6, 6.07) is 26.7. The third-order valence-corrected chi connectivity index (χ3v) is 3.05. The van der Waals surface area contributed by atoms with Crippen LogP contribution in [0.25, 0.3) is 0 Å². The lowest BCUT2D eigenvalue weighted by atomic mass is 10.3. The number of rotatable bonds is 0. The highest BCUT2D eigenvalue weighted by Crippen LogP contribution is 2.08. The Labute approximate surface area is 143 Å². The highest BCUT2D eigenvalue weighted by Gasteiger charge is 1.81. The van der Waals surface area contributed by atoms with E-state index in [1.807, 2.05) is 84.9 Å². The largest absolute Gasteiger partial charge is 0.399 e. The lowest BCUT2D eigenvalue weighted by Crippen LogP contribution is -1.80. The van der Waals surface area contributed by atoms with Crippen molar-refractivity contribution in [1.82, 2.24) is 0 Å². The Morgan fingerprint density at radius 3 is 0.864 bits per heavy atom. The molecule has 0 amide bonds. The summed E-state index contributed by atoms with van der Waals surface area (Å²) >= 11 is 8.15. The molecule has 0 saturated heterocycles. The van der Waals surface area contributed by atoms with Gasteiger partial charge in [0.25, 0.3) is 0 Å². The van der Waals surface area contributed by atoms with E-state index in [2.05, 4.69) is 25.3 Å². The van der Waals surface area contributed by atoms with Crippen molar-refractivity contribution in [2.45, 2.75) is 9.79 Å². The molecule has 0 radical (unpaired) electrons. The number of hydrogen-bond acceptors (Lipinski definition) is 4. The van der Waals surface area contributed by atoms with Crippen LogP contribution < -0.4 is 11.5 Å². The molecule has 0 aliphatic carbocycles. The molecule has 0 unspecified atom stereocenters. The first kappa shape index (κ1) is 18.0. The van der Waals surface area contributed by atoms with E-state index in [9.17, 15) is 0 Å². The third-order valence-electron chi connectivity index (χ3n) is 2.45. The van der Waals surface area contributed by atoms with Crippen molar-refractivity contribution < 1.29 is 0 Å². The van der Waals surface area contributed by atoms with Crippen LogP contribution in [0.5, 0.6) is 0 Å². The quantitative estimate of drug-likeness (QED) is 0.354. The van der Waals surface area contributed by atoms with Gasteiger partial charge in [-0.3, -0.25) is 0 Å². The Balaban J connectivity index is 0.000000167. The summed E-state index contributed by atoms with van der Waals surface area (Å²) in [5.74, 6) is 0. The maximum Gasteiger partial charge on any atom is 0.0314 e. The van der Waals surface area contributed by atoms with Crippen LogP contribution in [-0.4, -0.2) is 0 Å². The van der Waals surface area contributed by atoms with Gasteiger partial charge < -0.3 is 11.5 Å². The molecular formula is C18H20N2S2. The lowest BCUT2D eigenvalue weighted by Gasteiger charge is -1.89. The molecular weight excluding hydrogens is 308 g/mol. The normalized spacial score (nSPS) is 8.82. The summed E-state index contributed by atoms with van der Waals surface area (Å²) in [7, 11) is 0. The highest BCUT2D eigenvalue weighted by atomic mass is 32.1. The van der Waals surface area contributed by atoms with Gasteiger partial charge in [-0.2, -0.15) is 0 Å². The molecule has 3 aromatic rings. The molecule has 0 heterocycles. The minimum atomic E-state index is 0.780. The molecule has 4 heteroatoms. The second-order valence-corrected chi connectivity index (χ2v) is 5.37. The second kappa shape index (κ2) is 10.7. The number of hydrogen-bond donors (Lipinski definition) is 4. The maximum absolute atomic E-state index is 5.39. The van der Waals surface area contributed by atoms with E-state index < -0.39 is 0 Å². The summed E-state index contributed by atoms with van der Waals surface area (Å²) in [4.78, 5) is 1.89. The number of anilines is 2. The molecule has 0 spiro atoms. The first-order chi connectivity index (χ1) is 10.6. The van der Waals surface area contributed by atoms with E-state index in [0.29, 0.717) is 0 Å². The van der Waals surface area contributed by atoms with E-state index in [0.717, 1.165) is 21.2 Å². The number of thiol groups is 2. The molecule has 22 heavy (non-hydrogen) atoms. The average molecular weight is 329 g/mol. The Bertz CT molecular complexity index is 511. The van der Waals surface area contributed by atoms with Crippen LogP contribution in [0, 0.1) is 0 Å². The zero-order valence-electron chi connectivity index (χ0n) is 12.1. The van der Waals surface area contributed by atoms with Gasteiger partial charge in [0.05, 0.1) is 0 Å². The van der Waals surface area contributed by atoms with Crippen molar-refractivity contribution in [3.05, 3.63) is 84.9 Å². The predicted molar refractivity (Wildman–Crippen MR) is 103 cm³/mol. The Kier molecular flexibility index (Phi) is 8.72. The van der Waals surface area contributed by atoms with Gasteiger partial charge in [-0.05, 0) is 48.5 Å². The molecule has 0 aliphatic heterocycles. The Hall–Kier alpha value is -2.04. The highest BCUT2D eigenvalue weighted by molar-refractivity contribution is 7.80. The lowest BCUT2D eigenvalue weighted by molar-refractivity contribution is 1.48. The van der Waals surface area contributed by atoms with E-state index >= 15 is 0 Å². The fourth-order valence-corrected chi connectivity index (χ4v) is 1.63. The first-order valence-electron chi connectivity index (χ1n) is 6.67. The molecule has 0 atom stereocenters. The van der Waals surface area contributed by atoms with E-state index in [1.165, 1.54) is 0 Å². The number of nitrogen functional groups attached to an aromatic ring is 2. The van der Waals surface area contributed by atoms with Crippen LogP contribution in [0.1, 0.15) is 0 Å². The predicted octanol–water partition coefficient (Wildman–Crippen LogP) is 4.80. The monoisotopic (exact) mass is 328 g/mol. The summed E-state index contributed by atoms with van der Waals surface area (Å²) in [6.45, 7) is 0. The van der Waals surface area contributed by atoms with Gasteiger partial charge in [-0.1, -0.05) is 36.4 Å². The summed E-state index contributed by atoms with van der Waals surface area (Å²) < 4.78 is 0. The molecule has 2 nitrogen and oxygen atoms in total. The van der Waals surface area contributed by atoms with Crippen LogP contribution in [-0.2, 0) is 0 Å². The fourth-order valence-electron chi connectivity index (χ4n) is 1.33. The van der Waals surface area contributed by atoms with Gasteiger partial charge >= 0.3 is 0 Å². The molecule has 0 saturated carbocycles. The van der Waals surface area contributed by atoms with Crippen LogP contribution >= 0.6 is 25.3 Å². The first-order valence-corrected chi connectivity index (χ1v) is 7.56. The standard InChI is InChI=1S/2C6H7NS.C6H6/c2*7-5-1-3-6(8)4-2-5;1-2-4-6-5-3-1/h2*1-4,8H,7H2;1-6H. The average Bonchev–Trinajstić information content (AvgIpc) is 2.56. The zero-order valence-corrected chi connectivity index (χ0v) is 13.9. The van der Waals surface area contributed by atoms with Crippen molar-refractivity contribution in [1.29, 1.82) is 0 Å². The van der Waals surface area contributed by atoms with Crippen LogP contribution in [0.2, 0.25) is 0 Å². The minimum absolute atomic E-state index is 0.780. The van der Waals surface area contributed by atoms with Crippen LogP contribution in [0.3, 0.4) is 0 Å². The minimum Gasteiger partial charge on any atom is -0.399 e.